The van der Waals surface area contributed by atoms with Gasteiger partial charge in [-0.15, -0.1) is 11.3 Å². The summed E-state index contributed by atoms with van der Waals surface area (Å²) < 4.78 is 5.41. The lowest BCUT2D eigenvalue weighted by Gasteiger charge is -2.27. The highest BCUT2D eigenvalue weighted by molar-refractivity contribution is 7.20. The zero-order chi connectivity index (χ0) is 21.6. The molecule has 31 heavy (non-hydrogen) atoms. The molecule has 0 radical (unpaired) electrons. The largest absolute Gasteiger partial charge is 0.378 e. The molecule has 166 valence electrons. The van der Waals surface area contributed by atoms with Crippen LogP contribution in [-0.2, 0) is 9.53 Å². The van der Waals surface area contributed by atoms with E-state index in [1.165, 1.54) is 24.2 Å². The molecule has 0 aliphatic carbocycles. The number of rotatable bonds is 5. The molecule has 0 bridgehead atoms. The quantitative estimate of drug-likeness (QED) is 0.762. The van der Waals surface area contributed by atoms with Crippen molar-refractivity contribution in [3.8, 4) is 10.4 Å². The summed E-state index contributed by atoms with van der Waals surface area (Å²) in [5, 5.41) is 3.75. The van der Waals surface area contributed by atoms with Gasteiger partial charge in [0, 0.05) is 18.0 Å². The topological polar surface area (TPSA) is 61.9 Å². The minimum absolute atomic E-state index is 0.0238. The van der Waals surface area contributed by atoms with Crippen LogP contribution in [0.5, 0.6) is 0 Å². The minimum atomic E-state index is -0.0428. The van der Waals surface area contributed by atoms with Crippen LogP contribution in [0.1, 0.15) is 41.6 Å². The van der Waals surface area contributed by atoms with Crippen LogP contribution in [0, 0.1) is 6.92 Å². The zero-order valence-corrected chi connectivity index (χ0v) is 19.0. The summed E-state index contributed by atoms with van der Waals surface area (Å²) in [4.78, 5) is 31.4. The van der Waals surface area contributed by atoms with Crippen LogP contribution in [0.3, 0.4) is 0 Å². The van der Waals surface area contributed by atoms with Crippen LogP contribution in [0.15, 0.2) is 30.3 Å². The Morgan fingerprint density at radius 2 is 1.68 bits per heavy atom. The van der Waals surface area contributed by atoms with Gasteiger partial charge < -0.3 is 15.0 Å². The van der Waals surface area contributed by atoms with Gasteiger partial charge in [-0.3, -0.25) is 14.5 Å². The zero-order valence-electron chi connectivity index (χ0n) is 18.2. The molecule has 0 atom stereocenters. The van der Waals surface area contributed by atoms with E-state index in [1.54, 1.807) is 0 Å². The molecule has 2 amide bonds. The van der Waals surface area contributed by atoms with Crippen LogP contribution in [0.25, 0.3) is 10.4 Å². The first-order valence-corrected chi connectivity index (χ1v) is 12.0. The number of benzene rings is 1. The van der Waals surface area contributed by atoms with E-state index in [2.05, 4.69) is 10.2 Å². The van der Waals surface area contributed by atoms with Crippen molar-refractivity contribution in [2.75, 3.05) is 51.3 Å². The number of hydrogen-bond acceptors (Lipinski definition) is 5. The Kier molecular flexibility index (Phi) is 7.37. The maximum absolute atomic E-state index is 13.4. The fraction of sp³-hybridized carbons (Fsp3) is 0.500. The number of morpholine rings is 1. The fourth-order valence-electron chi connectivity index (χ4n) is 4.31. The predicted molar refractivity (Wildman–Crippen MR) is 125 cm³/mol. The molecule has 4 rings (SSSR count). The van der Waals surface area contributed by atoms with Crippen LogP contribution in [-0.4, -0.2) is 67.6 Å². The monoisotopic (exact) mass is 441 g/mol. The van der Waals surface area contributed by atoms with E-state index in [9.17, 15) is 9.59 Å². The molecule has 2 aliphatic heterocycles. The molecule has 2 aromatic rings. The third-order valence-electron chi connectivity index (χ3n) is 6.01. The number of nitrogens with zero attached hydrogens (tertiary/aromatic N) is 2. The smallest absolute Gasteiger partial charge is 0.257 e. The number of likely N-dealkylation sites (tertiary alicyclic amines) is 1. The molecule has 6 nitrogen and oxygen atoms in total. The molecule has 2 fully saturated rings. The van der Waals surface area contributed by atoms with Crippen molar-refractivity contribution < 1.29 is 14.3 Å². The number of carbonyl (C=O) groups excluding carboxylic acids is 2. The lowest BCUT2D eigenvalue weighted by Crippen LogP contribution is -2.41. The molecule has 1 N–H and O–H groups in total. The predicted octanol–water partition coefficient (Wildman–Crippen LogP) is 4.01. The van der Waals surface area contributed by atoms with E-state index in [-0.39, 0.29) is 11.8 Å². The Morgan fingerprint density at radius 3 is 2.35 bits per heavy atom. The van der Waals surface area contributed by atoms with Crippen molar-refractivity contribution in [3.63, 3.8) is 0 Å². The Morgan fingerprint density at radius 1 is 1.00 bits per heavy atom. The maximum atomic E-state index is 13.4. The van der Waals surface area contributed by atoms with Crippen molar-refractivity contribution in [1.29, 1.82) is 0 Å². The summed E-state index contributed by atoms with van der Waals surface area (Å²) in [6.07, 6.45) is 4.76. The van der Waals surface area contributed by atoms with Gasteiger partial charge in [-0.2, -0.15) is 0 Å². The van der Waals surface area contributed by atoms with Crippen molar-refractivity contribution in [2.24, 2.45) is 0 Å². The van der Waals surface area contributed by atoms with Gasteiger partial charge >= 0.3 is 0 Å². The van der Waals surface area contributed by atoms with Crippen LogP contribution >= 0.6 is 11.3 Å². The van der Waals surface area contributed by atoms with Gasteiger partial charge in [0.1, 0.15) is 5.00 Å². The van der Waals surface area contributed by atoms with Gasteiger partial charge in [0.25, 0.3) is 5.91 Å². The highest BCUT2D eigenvalue weighted by Gasteiger charge is 2.28. The van der Waals surface area contributed by atoms with E-state index in [0.717, 1.165) is 41.9 Å². The number of carbonyl (C=O) groups is 2. The normalized spacial score (nSPS) is 17.9. The summed E-state index contributed by atoms with van der Waals surface area (Å²) in [6.45, 7) is 6.55. The lowest BCUT2D eigenvalue weighted by molar-refractivity contribution is -0.117. The van der Waals surface area contributed by atoms with Gasteiger partial charge in [-0.05, 0) is 44.0 Å². The van der Waals surface area contributed by atoms with Gasteiger partial charge in [0.15, 0.2) is 0 Å². The number of hydrogen-bond donors (Lipinski definition) is 1. The molecule has 0 unspecified atom stereocenters. The summed E-state index contributed by atoms with van der Waals surface area (Å²) in [5.74, 6) is -0.0666. The standard InChI is InChI=1S/C24H31N3O3S/c1-18-21(24(29)27-13-15-30-16-14-27)23(31-22(18)19-9-5-4-6-10-19)25-20(28)17-26-11-7-2-3-8-12-26/h4-6,9-10H,2-3,7-8,11-17H2,1H3,(H,25,28). The van der Waals surface area contributed by atoms with Gasteiger partial charge in [-0.1, -0.05) is 43.2 Å². The third-order valence-corrected chi connectivity index (χ3v) is 7.27. The lowest BCUT2D eigenvalue weighted by atomic mass is 10.1. The van der Waals surface area contributed by atoms with Crippen LogP contribution < -0.4 is 5.32 Å². The van der Waals surface area contributed by atoms with Gasteiger partial charge in [0.2, 0.25) is 5.91 Å². The molecule has 7 heteroatoms. The number of anilines is 1. The van der Waals surface area contributed by atoms with Crippen LogP contribution in [0.2, 0.25) is 0 Å². The van der Waals surface area contributed by atoms with Gasteiger partial charge in [0.05, 0.1) is 25.3 Å². The van der Waals surface area contributed by atoms with Crippen molar-refractivity contribution in [1.82, 2.24) is 9.80 Å². The first-order valence-electron chi connectivity index (χ1n) is 11.2. The highest BCUT2D eigenvalue weighted by atomic mass is 32.1. The van der Waals surface area contributed by atoms with Gasteiger partial charge in [-0.25, -0.2) is 0 Å². The fourth-order valence-corrected chi connectivity index (χ4v) is 5.53. The molecule has 0 spiro atoms. The first kappa shape index (κ1) is 22.0. The molecular formula is C24H31N3O3S. The minimum Gasteiger partial charge on any atom is -0.378 e. The van der Waals surface area contributed by atoms with Crippen molar-refractivity contribution >= 4 is 28.2 Å². The molecule has 3 heterocycles. The average molecular weight is 442 g/mol. The molecule has 0 saturated carbocycles. The van der Waals surface area contributed by atoms with E-state index < -0.39 is 0 Å². The Hall–Kier alpha value is -2.22. The maximum Gasteiger partial charge on any atom is 0.257 e. The first-order chi connectivity index (χ1) is 15.1. The molecule has 2 aliphatic rings. The second kappa shape index (κ2) is 10.4. The second-order valence-corrected chi connectivity index (χ2v) is 9.29. The number of nitrogens with one attached hydrogen (secondary N) is 1. The van der Waals surface area contributed by atoms with Crippen molar-refractivity contribution in [3.05, 3.63) is 41.5 Å². The molecule has 2 saturated heterocycles. The summed E-state index contributed by atoms with van der Waals surface area (Å²) in [7, 11) is 0. The second-order valence-electron chi connectivity index (χ2n) is 8.27. The molecule has 1 aromatic heterocycles. The van der Waals surface area contributed by atoms with Crippen LogP contribution in [0.4, 0.5) is 5.00 Å². The number of thiophene rings is 1. The highest BCUT2D eigenvalue weighted by Crippen LogP contribution is 2.40. The summed E-state index contributed by atoms with van der Waals surface area (Å²) in [6, 6.07) is 10.1. The number of ether oxygens (including phenoxy) is 1. The summed E-state index contributed by atoms with van der Waals surface area (Å²) in [5.41, 5.74) is 2.61. The number of amides is 2. The van der Waals surface area contributed by atoms with E-state index in [0.29, 0.717) is 43.4 Å². The SMILES string of the molecule is Cc1c(-c2ccccc2)sc(NC(=O)CN2CCCCCC2)c1C(=O)N1CCOCC1. The summed E-state index contributed by atoms with van der Waals surface area (Å²) >= 11 is 1.50. The Labute approximate surface area is 188 Å². The van der Waals surface area contributed by atoms with E-state index in [1.807, 2.05) is 42.2 Å². The molecular weight excluding hydrogens is 410 g/mol. The Balaban J connectivity index is 1.60. The average Bonchev–Trinajstić information content (AvgIpc) is 2.94. The third kappa shape index (κ3) is 5.34. The molecule has 1 aromatic carbocycles. The van der Waals surface area contributed by atoms with E-state index >= 15 is 0 Å². The Bertz CT molecular complexity index is 898. The van der Waals surface area contributed by atoms with E-state index in [4.69, 9.17) is 4.74 Å². The van der Waals surface area contributed by atoms with Crippen molar-refractivity contribution in [2.45, 2.75) is 32.6 Å².